The highest BCUT2D eigenvalue weighted by atomic mass is 32.2. The monoisotopic (exact) mass is 458 g/mol. The van der Waals surface area contributed by atoms with Crippen LogP contribution < -0.4 is 10.6 Å². The predicted octanol–water partition coefficient (Wildman–Crippen LogP) is 3.27. The number of aliphatic hydroxyl groups is 1. The Bertz CT molecular complexity index is 1130. The van der Waals surface area contributed by atoms with Crippen LogP contribution in [0.2, 0.25) is 0 Å². The molecular formula is C20H18N4O3S3. The van der Waals surface area contributed by atoms with Gasteiger partial charge in [-0.3, -0.25) is 4.79 Å². The van der Waals surface area contributed by atoms with E-state index in [9.17, 15) is 4.79 Å². The minimum atomic E-state index is -0.151. The number of thiophene rings is 1. The zero-order valence-electron chi connectivity index (χ0n) is 15.8. The Labute approximate surface area is 186 Å². The Morgan fingerprint density at radius 3 is 2.93 bits per heavy atom. The van der Waals surface area contributed by atoms with Crippen molar-refractivity contribution < 1.29 is 14.6 Å². The molecular weight excluding hydrogens is 440 g/mol. The standard InChI is InChI=1S/C20H18N4O3S3/c25-4-6-27-5-3-21-18-15-8-12(1-2-16(15)22-11-23-18)13-7-14(29-10-13)9-17-19(26)24-20(28)30-17/h1-2,7-11,25H,3-6H2,(H,21,22,23)(H,24,26,28). The molecule has 1 fully saturated rings. The smallest absolute Gasteiger partial charge is 0.263 e. The summed E-state index contributed by atoms with van der Waals surface area (Å²) in [5, 5.41) is 17.6. The molecule has 30 heavy (non-hydrogen) atoms. The van der Waals surface area contributed by atoms with E-state index in [1.54, 1.807) is 11.3 Å². The molecule has 154 valence electrons. The Hall–Kier alpha value is -2.37. The fourth-order valence-corrected chi connectivity index (χ4v) is 4.87. The van der Waals surface area contributed by atoms with Crippen molar-refractivity contribution >= 4 is 68.3 Å². The Balaban J connectivity index is 1.55. The molecule has 0 unspecified atom stereocenters. The fourth-order valence-electron chi connectivity index (χ4n) is 2.92. The van der Waals surface area contributed by atoms with Gasteiger partial charge in [0.25, 0.3) is 5.91 Å². The summed E-state index contributed by atoms with van der Waals surface area (Å²) in [6.07, 6.45) is 3.39. The number of nitrogens with zero attached hydrogens (tertiary/aromatic N) is 2. The number of aliphatic hydroxyl groups excluding tert-OH is 1. The SMILES string of the molecule is O=C1NC(=S)SC1=Cc1cc(-c2ccc3ncnc(NCCOCCO)c3c2)cs1. The second-order valence-corrected chi connectivity index (χ2v) is 8.97. The molecule has 1 amide bonds. The van der Waals surface area contributed by atoms with Gasteiger partial charge in [-0.1, -0.05) is 30.0 Å². The molecule has 0 radical (unpaired) electrons. The number of thioether (sulfide) groups is 1. The van der Waals surface area contributed by atoms with Crippen LogP contribution in [0, 0.1) is 0 Å². The lowest BCUT2D eigenvalue weighted by molar-refractivity contribution is -0.115. The molecule has 0 saturated carbocycles. The average Bonchev–Trinajstić information content (AvgIpc) is 3.33. The predicted molar refractivity (Wildman–Crippen MR) is 126 cm³/mol. The Morgan fingerprint density at radius 2 is 2.13 bits per heavy atom. The van der Waals surface area contributed by atoms with E-state index < -0.39 is 0 Å². The van der Waals surface area contributed by atoms with E-state index in [1.165, 1.54) is 18.1 Å². The number of hydrogen-bond donors (Lipinski definition) is 3. The van der Waals surface area contributed by atoms with Crippen LogP contribution in [-0.4, -0.2) is 51.7 Å². The van der Waals surface area contributed by atoms with E-state index in [0.29, 0.717) is 29.0 Å². The number of ether oxygens (including phenoxy) is 1. The van der Waals surface area contributed by atoms with E-state index in [2.05, 4.69) is 32.0 Å². The summed E-state index contributed by atoms with van der Waals surface area (Å²) in [6, 6.07) is 8.09. The lowest BCUT2D eigenvalue weighted by Crippen LogP contribution is -2.17. The van der Waals surface area contributed by atoms with Crippen LogP contribution in [0.3, 0.4) is 0 Å². The second kappa shape index (κ2) is 9.63. The Kier molecular flexibility index (Phi) is 6.70. The first-order chi connectivity index (χ1) is 14.6. The van der Waals surface area contributed by atoms with Crippen molar-refractivity contribution in [3.63, 3.8) is 0 Å². The number of hydrogen-bond acceptors (Lipinski definition) is 9. The van der Waals surface area contributed by atoms with Gasteiger partial charge in [0.05, 0.1) is 30.2 Å². The van der Waals surface area contributed by atoms with E-state index >= 15 is 0 Å². The van der Waals surface area contributed by atoms with E-state index in [4.69, 9.17) is 22.1 Å². The van der Waals surface area contributed by atoms with E-state index in [1.807, 2.05) is 24.3 Å². The minimum Gasteiger partial charge on any atom is -0.394 e. The highest BCUT2D eigenvalue weighted by Crippen LogP contribution is 2.33. The fraction of sp³-hybridized carbons (Fsp3) is 0.200. The van der Waals surface area contributed by atoms with E-state index in [-0.39, 0.29) is 12.5 Å². The quantitative estimate of drug-likeness (QED) is 0.269. The van der Waals surface area contributed by atoms with Crippen molar-refractivity contribution in [1.29, 1.82) is 0 Å². The van der Waals surface area contributed by atoms with Gasteiger partial charge in [-0.25, -0.2) is 9.97 Å². The van der Waals surface area contributed by atoms with Crippen LogP contribution in [-0.2, 0) is 9.53 Å². The van der Waals surface area contributed by atoms with Crippen molar-refractivity contribution in [2.45, 2.75) is 0 Å². The highest BCUT2D eigenvalue weighted by molar-refractivity contribution is 8.26. The molecule has 2 aromatic heterocycles. The van der Waals surface area contributed by atoms with Crippen LogP contribution >= 0.6 is 35.3 Å². The number of aromatic nitrogens is 2. The molecule has 0 aliphatic carbocycles. The Morgan fingerprint density at radius 1 is 1.23 bits per heavy atom. The zero-order chi connectivity index (χ0) is 20.9. The summed E-state index contributed by atoms with van der Waals surface area (Å²) in [7, 11) is 0. The molecule has 10 heteroatoms. The molecule has 4 rings (SSSR count). The third-order valence-electron chi connectivity index (χ3n) is 4.28. The molecule has 0 bridgehead atoms. The number of anilines is 1. The number of thiocarbonyl (C=S) groups is 1. The number of benzene rings is 1. The molecule has 3 heterocycles. The van der Waals surface area contributed by atoms with Crippen molar-refractivity contribution in [3.05, 3.63) is 45.8 Å². The molecule has 3 N–H and O–H groups in total. The van der Waals surface area contributed by atoms with Crippen LogP contribution in [0.15, 0.2) is 40.9 Å². The topological polar surface area (TPSA) is 96.4 Å². The largest absolute Gasteiger partial charge is 0.394 e. The third-order valence-corrected chi connectivity index (χ3v) is 6.32. The van der Waals surface area contributed by atoms with Gasteiger partial charge in [-0.2, -0.15) is 0 Å². The summed E-state index contributed by atoms with van der Waals surface area (Å²) < 4.78 is 5.77. The maximum Gasteiger partial charge on any atom is 0.263 e. The molecule has 0 spiro atoms. The maximum absolute atomic E-state index is 11.9. The van der Waals surface area contributed by atoms with Gasteiger partial charge in [-0.05, 0) is 40.8 Å². The number of carbonyl (C=O) groups excluding carboxylic acids is 1. The zero-order valence-corrected chi connectivity index (χ0v) is 18.2. The summed E-state index contributed by atoms with van der Waals surface area (Å²) in [6.45, 7) is 1.38. The van der Waals surface area contributed by atoms with Crippen molar-refractivity contribution in [1.82, 2.24) is 15.3 Å². The van der Waals surface area contributed by atoms with Gasteiger partial charge in [0, 0.05) is 16.8 Å². The summed E-state index contributed by atoms with van der Waals surface area (Å²) in [5.74, 6) is 0.584. The van der Waals surface area contributed by atoms with Gasteiger partial charge in [0.15, 0.2) is 0 Å². The number of fused-ring (bicyclic) bond motifs is 1. The first-order valence-electron chi connectivity index (χ1n) is 9.15. The summed E-state index contributed by atoms with van der Waals surface area (Å²) in [5.41, 5.74) is 2.94. The number of rotatable bonds is 8. The third kappa shape index (κ3) is 4.85. The number of nitrogens with one attached hydrogen (secondary N) is 2. The number of amides is 1. The maximum atomic E-state index is 11.9. The average molecular weight is 459 g/mol. The summed E-state index contributed by atoms with van der Waals surface area (Å²) >= 11 is 7.88. The number of carbonyl (C=O) groups is 1. The molecule has 1 aliphatic heterocycles. The van der Waals surface area contributed by atoms with Crippen LogP contribution in [0.25, 0.3) is 28.1 Å². The molecule has 7 nitrogen and oxygen atoms in total. The van der Waals surface area contributed by atoms with Gasteiger partial charge in [0.1, 0.15) is 16.5 Å². The highest BCUT2D eigenvalue weighted by Gasteiger charge is 2.22. The van der Waals surface area contributed by atoms with Crippen molar-refractivity contribution in [3.8, 4) is 11.1 Å². The van der Waals surface area contributed by atoms with Crippen molar-refractivity contribution in [2.75, 3.05) is 31.7 Å². The molecule has 1 saturated heterocycles. The van der Waals surface area contributed by atoms with Gasteiger partial charge < -0.3 is 20.5 Å². The van der Waals surface area contributed by atoms with Gasteiger partial charge >= 0.3 is 0 Å². The second-order valence-electron chi connectivity index (χ2n) is 6.31. The van der Waals surface area contributed by atoms with Crippen LogP contribution in [0.5, 0.6) is 0 Å². The summed E-state index contributed by atoms with van der Waals surface area (Å²) in [4.78, 5) is 22.2. The molecule has 1 aliphatic rings. The van der Waals surface area contributed by atoms with Gasteiger partial charge in [-0.15, -0.1) is 11.3 Å². The molecule has 0 atom stereocenters. The molecule has 1 aromatic carbocycles. The molecule has 3 aromatic rings. The first-order valence-corrected chi connectivity index (χ1v) is 11.3. The first kappa shape index (κ1) is 20.9. The van der Waals surface area contributed by atoms with E-state index in [0.717, 1.165) is 32.7 Å². The van der Waals surface area contributed by atoms with Gasteiger partial charge in [0.2, 0.25) is 0 Å². The van der Waals surface area contributed by atoms with Crippen LogP contribution in [0.1, 0.15) is 4.88 Å². The lowest BCUT2D eigenvalue weighted by Gasteiger charge is -2.09. The van der Waals surface area contributed by atoms with Crippen molar-refractivity contribution in [2.24, 2.45) is 0 Å². The normalized spacial score (nSPS) is 15.2. The minimum absolute atomic E-state index is 0.00907. The lowest BCUT2D eigenvalue weighted by atomic mass is 10.1. The van der Waals surface area contributed by atoms with Crippen LogP contribution in [0.4, 0.5) is 5.82 Å².